The predicted molar refractivity (Wildman–Crippen MR) is 157 cm³/mol. The van der Waals surface area contributed by atoms with E-state index in [2.05, 4.69) is 13.8 Å². The lowest BCUT2D eigenvalue weighted by atomic mass is 10.2. The number of anilines is 1. The highest BCUT2D eigenvalue weighted by Gasteiger charge is 2.33. The Bertz CT molecular complexity index is 1370. The summed E-state index contributed by atoms with van der Waals surface area (Å²) in [4.78, 5) is 22.3. The van der Waals surface area contributed by atoms with Gasteiger partial charge in [0.1, 0.15) is 12.4 Å². The molecule has 1 heterocycles. The van der Waals surface area contributed by atoms with Crippen LogP contribution in [0, 0.1) is 11.7 Å². The van der Waals surface area contributed by atoms with E-state index in [9.17, 15) is 9.18 Å². The first-order chi connectivity index (χ1) is 18.1. The number of carbonyl (C=O) groups is 1. The molecule has 1 amide bonds. The number of rotatable bonds is 8. The quantitative estimate of drug-likeness (QED) is 0.256. The normalized spacial score (nSPS) is 15.7. The van der Waals surface area contributed by atoms with Crippen molar-refractivity contribution in [2.45, 2.75) is 20.5 Å². The number of hydrogen-bond donors (Lipinski definition) is 0. The van der Waals surface area contributed by atoms with Gasteiger partial charge in [-0.15, -0.1) is 0 Å². The van der Waals surface area contributed by atoms with Crippen molar-refractivity contribution in [3.05, 3.63) is 92.6 Å². The van der Waals surface area contributed by atoms with Crippen molar-refractivity contribution < 1.29 is 13.9 Å². The largest absolute Gasteiger partial charge is 0.486 e. The van der Waals surface area contributed by atoms with Crippen LogP contribution >= 0.6 is 35.0 Å². The van der Waals surface area contributed by atoms with Crippen LogP contribution in [0.15, 0.2) is 70.6 Å². The molecule has 1 aliphatic rings. The molecule has 0 N–H and O–H groups in total. The lowest BCUT2D eigenvalue weighted by molar-refractivity contribution is -0.122. The van der Waals surface area contributed by atoms with E-state index in [1.807, 2.05) is 43.3 Å². The molecular formula is C29H28Cl2FN3O2S. The highest BCUT2D eigenvalue weighted by Crippen LogP contribution is 2.39. The molecule has 1 aliphatic heterocycles. The van der Waals surface area contributed by atoms with Crippen LogP contribution in [0.25, 0.3) is 6.08 Å². The minimum Gasteiger partial charge on any atom is -0.486 e. The number of amides is 1. The number of benzene rings is 3. The van der Waals surface area contributed by atoms with E-state index >= 15 is 0 Å². The zero-order valence-electron chi connectivity index (χ0n) is 21.5. The summed E-state index contributed by atoms with van der Waals surface area (Å²) in [5, 5.41) is 1.16. The van der Waals surface area contributed by atoms with Gasteiger partial charge in [0.25, 0.3) is 5.91 Å². The molecule has 0 bridgehead atoms. The minimum absolute atomic E-state index is 0.0135. The van der Waals surface area contributed by atoms with Crippen LogP contribution in [0.1, 0.15) is 25.0 Å². The van der Waals surface area contributed by atoms with Crippen LogP contribution in [-0.4, -0.2) is 36.6 Å². The zero-order valence-corrected chi connectivity index (χ0v) is 23.9. The third-order valence-electron chi connectivity index (χ3n) is 5.67. The van der Waals surface area contributed by atoms with Gasteiger partial charge in [-0.05, 0) is 71.8 Å². The number of aliphatic imine (C=N–C) groups is 1. The number of carbonyl (C=O) groups excluding carboxylic acids is 1. The second kappa shape index (κ2) is 12.2. The fourth-order valence-electron chi connectivity index (χ4n) is 3.77. The van der Waals surface area contributed by atoms with Gasteiger partial charge >= 0.3 is 0 Å². The van der Waals surface area contributed by atoms with E-state index < -0.39 is 0 Å². The highest BCUT2D eigenvalue weighted by atomic mass is 35.5. The van der Waals surface area contributed by atoms with Crippen molar-refractivity contribution in [3.8, 4) is 5.75 Å². The number of amidine groups is 1. The molecular weight excluding hydrogens is 544 g/mol. The minimum atomic E-state index is -0.366. The standard InChI is InChI=1S/C29H28Cl2FN3O2S/c1-18(2)16-35-28(36)26(38-29(35)33-21-9-11-22(12-10-21)34(3)4)15-19-13-23(30)27(24(31)14-19)37-17-20-7-5-6-8-25(20)32/h5-15,18H,16-17H2,1-4H3. The second-order valence-corrected chi connectivity index (χ2v) is 11.2. The van der Waals surface area contributed by atoms with Crippen LogP contribution in [0.2, 0.25) is 10.0 Å². The summed E-state index contributed by atoms with van der Waals surface area (Å²) in [5.74, 6) is 0.0263. The predicted octanol–water partition coefficient (Wildman–Crippen LogP) is 8.04. The molecule has 198 valence electrons. The topological polar surface area (TPSA) is 45.1 Å². The molecule has 0 atom stereocenters. The van der Waals surface area contributed by atoms with Crippen LogP contribution in [0.5, 0.6) is 5.75 Å². The molecule has 1 saturated heterocycles. The molecule has 0 aliphatic carbocycles. The van der Waals surface area contributed by atoms with Crippen molar-refractivity contribution in [3.63, 3.8) is 0 Å². The van der Waals surface area contributed by atoms with E-state index in [1.165, 1.54) is 17.8 Å². The summed E-state index contributed by atoms with van der Waals surface area (Å²) in [6, 6.07) is 17.5. The summed E-state index contributed by atoms with van der Waals surface area (Å²) in [5.41, 5.74) is 2.88. The van der Waals surface area contributed by atoms with Gasteiger partial charge in [-0.25, -0.2) is 9.38 Å². The smallest absolute Gasteiger partial charge is 0.266 e. The van der Waals surface area contributed by atoms with Crippen LogP contribution in [-0.2, 0) is 11.4 Å². The number of nitrogens with zero attached hydrogens (tertiary/aromatic N) is 3. The van der Waals surface area contributed by atoms with Crippen molar-refractivity contribution in [1.29, 1.82) is 0 Å². The molecule has 0 spiro atoms. The number of hydrogen-bond acceptors (Lipinski definition) is 5. The summed E-state index contributed by atoms with van der Waals surface area (Å²) in [6.45, 7) is 4.65. The third-order valence-corrected chi connectivity index (χ3v) is 7.24. The SMILES string of the molecule is CC(C)CN1C(=O)C(=Cc2cc(Cl)c(OCc3ccccc3F)c(Cl)c2)SC1=Nc1ccc(N(C)C)cc1. The van der Waals surface area contributed by atoms with Crippen LogP contribution in [0.3, 0.4) is 0 Å². The Morgan fingerprint density at radius 3 is 2.34 bits per heavy atom. The Morgan fingerprint density at radius 2 is 1.74 bits per heavy atom. The Labute approximate surface area is 236 Å². The van der Waals surface area contributed by atoms with Crippen molar-refractivity contribution in [1.82, 2.24) is 4.90 Å². The van der Waals surface area contributed by atoms with Crippen molar-refractivity contribution in [2.75, 3.05) is 25.5 Å². The molecule has 3 aromatic carbocycles. The average Bonchev–Trinajstić information content (AvgIpc) is 3.13. The number of halogens is 3. The molecule has 1 fully saturated rings. The lowest BCUT2D eigenvalue weighted by Crippen LogP contribution is -2.32. The summed E-state index contributed by atoms with van der Waals surface area (Å²) >= 11 is 14.3. The highest BCUT2D eigenvalue weighted by molar-refractivity contribution is 8.18. The summed E-state index contributed by atoms with van der Waals surface area (Å²) in [7, 11) is 3.96. The van der Waals surface area contributed by atoms with Gasteiger partial charge in [0.15, 0.2) is 10.9 Å². The van der Waals surface area contributed by atoms with E-state index in [4.69, 9.17) is 32.9 Å². The van der Waals surface area contributed by atoms with Gasteiger partial charge in [-0.3, -0.25) is 9.69 Å². The number of thioether (sulfide) groups is 1. The maximum absolute atomic E-state index is 13.9. The first-order valence-corrected chi connectivity index (χ1v) is 13.6. The molecule has 0 radical (unpaired) electrons. The van der Waals surface area contributed by atoms with Crippen molar-refractivity contribution >= 4 is 63.5 Å². The first-order valence-electron chi connectivity index (χ1n) is 12.0. The molecule has 9 heteroatoms. The van der Waals surface area contributed by atoms with Gasteiger partial charge in [0, 0.05) is 31.9 Å². The fourth-order valence-corrected chi connectivity index (χ4v) is 5.39. The molecule has 4 rings (SSSR count). The van der Waals surface area contributed by atoms with E-state index in [-0.39, 0.29) is 40.0 Å². The molecule has 0 aromatic heterocycles. The van der Waals surface area contributed by atoms with Gasteiger partial charge in [0.2, 0.25) is 0 Å². The summed E-state index contributed by atoms with van der Waals surface area (Å²) in [6.07, 6.45) is 1.75. The average molecular weight is 573 g/mol. The van der Waals surface area contributed by atoms with Gasteiger partial charge in [-0.2, -0.15) is 0 Å². The molecule has 0 saturated carbocycles. The monoisotopic (exact) mass is 571 g/mol. The molecule has 38 heavy (non-hydrogen) atoms. The van der Waals surface area contributed by atoms with Crippen molar-refractivity contribution in [2.24, 2.45) is 10.9 Å². The van der Waals surface area contributed by atoms with E-state index in [1.54, 1.807) is 41.3 Å². The first kappa shape index (κ1) is 28.0. The summed E-state index contributed by atoms with van der Waals surface area (Å²) < 4.78 is 19.7. The lowest BCUT2D eigenvalue weighted by Gasteiger charge is -2.18. The van der Waals surface area contributed by atoms with E-state index in [0.29, 0.717) is 27.7 Å². The molecule has 0 unspecified atom stereocenters. The Hall–Kier alpha value is -3.00. The third kappa shape index (κ3) is 6.70. The molecule has 3 aromatic rings. The second-order valence-electron chi connectivity index (χ2n) is 9.42. The maximum atomic E-state index is 13.9. The Kier molecular flexibility index (Phi) is 9.03. The zero-order chi connectivity index (χ0) is 27.4. The Morgan fingerprint density at radius 1 is 1.08 bits per heavy atom. The van der Waals surface area contributed by atoms with Gasteiger partial charge < -0.3 is 9.64 Å². The maximum Gasteiger partial charge on any atom is 0.266 e. The molecule has 5 nitrogen and oxygen atoms in total. The fraction of sp³-hybridized carbons (Fsp3) is 0.241. The van der Waals surface area contributed by atoms with Crippen LogP contribution < -0.4 is 9.64 Å². The Balaban J connectivity index is 1.58. The van der Waals surface area contributed by atoms with Crippen LogP contribution in [0.4, 0.5) is 15.8 Å². The van der Waals surface area contributed by atoms with Gasteiger partial charge in [0.05, 0.1) is 20.6 Å². The van der Waals surface area contributed by atoms with E-state index in [0.717, 1.165) is 11.4 Å². The number of ether oxygens (including phenoxy) is 1. The van der Waals surface area contributed by atoms with Gasteiger partial charge in [-0.1, -0.05) is 55.2 Å².